The highest BCUT2D eigenvalue weighted by Crippen LogP contribution is 2.45. The summed E-state index contributed by atoms with van der Waals surface area (Å²) < 4.78 is 11.5. The van der Waals surface area contributed by atoms with Crippen LogP contribution in [0.2, 0.25) is 0 Å². The summed E-state index contributed by atoms with van der Waals surface area (Å²) in [7, 11) is 0. The average molecular weight is 743 g/mol. The van der Waals surface area contributed by atoms with Crippen molar-refractivity contribution < 1.29 is 4.42 Å². The number of nitrogens with zero attached hydrogens (tertiary/aromatic N) is 4. The summed E-state index contributed by atoms with van der Waals surface area (Å²) in [4.78, 5) is 7.31. The van der Waals surface area contributed by atoms with Gasteiger partial charge in [0.05, 0.1) is 27.8 Å². The zero-order chi connectivity index (χ0) is 38.2. The lowest BCUT2D eigenvalue weighted by Gasteiger charge is -2.26. The van der Waals surface area contributed by atoms with E-state index < -0.39 is 0 Å². The Bertz CT molecular complexity index is 3510. The summed E-state index contributed by atoms with van der Waals surface area (Å²) in [5.41, 5.74) is 12.4. The van der Waals surface area contributed by atoms with Gasteiger partial charge in [0, 0.05) is 55.2 Å². The molecule has 0 aliphatic carbocycles. The molecule has 12 aromatic rings. The Hall–Kier alpha value is -7.89. The molecule has 12 rings (SSSR count). The molecule has 0 spiro atoms. The fourth-order valence-electron chi connectivity index (χ4n) is 8.96. The topological polar surface area (TPSA) is 39.1 Å². The van der Waals surface area contributed by atoms with Crippen LogP contribution in [0, 0.1) is 0 Å². The van der Waals surface area contributed by atoms with Gasteiger partial charge in [-0.3, -0.25) is 0 Å². The minimum Gasteiger partial charge on any atom is -0.434 e. The first kappa shape index (κ1) is 32.4. The largest absolute Gasteiger partial charge is 0.434 e. The average Bonchev–Trinajstić information content (AvgIpc) is 3.98. The van der Waals surface area contributed by atoms with E-state index >= 15 is 0 Å². The summed E-state index contributed by atoms with van der Waals surface area (Å²) in [6.07, 6.45) is 0. The van der Waals surface area contributed by atoms with Gasteiger partial charge in [0.2, 0.25) is 5.89 Å². The molecule has 0 aliphatic heterocycles. The molecule has 0 bridgehead atoms. The Morgan fingerprint density at radius 1 is 0.414 bits per heavy atom. The van der Waals surface area contributed by atoms with Crippen molar-refractivity contribution in [3.05, 3.63) is 206 Å². The van der Waals surface area contributed by atoms with Crippen LogP contribution in [0.1, 0.15) is 0 Å². The highest BCUT2D eigenvalue weighted by atomic mass is 16.3. The van der Waals surface area contributed by atoms with Gasteiger partial charge in [-0.05, 0) is 96.4 Å². The summed E-state index contributed by atoms with van der Waals surface area (Å²) in [6, 6.07) is 73.2. The van der Waals surface area contributed by atoms with E-state index in [0.29, 0.717) is 5.89 Å². The SMILES string of the molecule is c1ccc(-c2nc3cccc(N(c4ccc5c(ccc6c7ccccc7n(-c7ccccc7)c56)c4)c4ccc5c(c4)c4ccccc4n5-c4ccccc4)c3o2)cc1. The first-order chi connectivity index (χ1) is 28.8. The summed E-state index contributed by atoms with van der Waals surface area (Å²) in [5, 5.41) is 7.17. The predicted octanol–water partition coefficient (Wildman–Crippen LogP) is 14.3. The lowest BCUT2D eigenvalue weighted by Crippen LogP contribution is -2.10. The fraction of sp³-hybridized carbons (Fsp3) is 0. The summed E-state index contributed by atoms with van der Waals surface area (Å²) in [6.45, 7) is 0. The second kappa shape index (κ2) is 12.8. The maximum Gasteiger partial charge on any atom is 0.227 e. The van der Waals surface area contributed by atoms with Crippen LogP contribution in [-0.2, 0) is 0 Å². The zero-order valence-corrected chi connectivity index (χ0v) is 31.3. The van der Waals surface area contributed by atoms with Crippen LogP contribution in [0.4, 0.5) is 17.1 Å². The number of oxazole rings is 1. The van der Waals surface area contributed by atoms with Crippen molar-refractivity contribution in [3.63, 3.8) is 0 Å². The molecule has 0 aliphatic rings. The Balaban J connectivity index is 1.12. The number of fused-ring (bicyclic) bond motifs is 9. The first-order valence-corrected chi connectivity index (χ1v) is 19.6. The third-order valence-electron chi connectivity index (χ3n) is 11.5. The molecule has 0 radical (unpaired) electrons. The van der Waals surface area contributed by atoms with Gasteiger partial charge in [-0.2, -0.15) is 0 Å². The normalized spacial score (nSPS) is 11.8. The second-order valence-corrected chi connectivity index (χ2v) is 14.8. The lowest BCUT2D eigenvalue weighted by atomic mass is 10.0. The van der Waals surface area contributed by atoms with E-state index in [0.717, 1.165) is 56.0 Å². The van der Waals surface area contributed by atoms with Crippen molar-refractivity contribution in [3.8, 4) is 22.8 Å². The van der Waals surface area contributed by atoms with Crippen molar-refractivity contribution in [2.45, 2.75) is 0 Å². The highest BCUT2D eigenvalue weighted by Gasteiger charge is 2.23. The first-order valence-electron chi connectivity index (χ1n) is 19.6. The molecule has 0 N–H and O–H groups in total. The van der Waals surface area contributed by atoms with Gasteiger partial charge in [-0.25, -0.2) is 4.98 Å². The molecular weight excluding hydrogens is 709 g/mol. The van der Waals surface area contributed by atoms with Crippen LogP contribution in [0.25, 0.3) is 88.3 Å². The molecule has 0 unspecified atom stereocenters. The molecule has 0 atom stereocenters. The molecule has 5 heteroatoms. The van der Waals surface area contributed by atoms with Gasteiger partial charge in [0.15, 0.2) is 5.58 Å². The number of para-hydroxylation sites is 5. The van der Waals surface area contributed by atoms with E-state index in [1.54, 1.807) is 0 Å². The minimum absolute atomic E-state index is 0.596. The molecule has 272 valence electrons. The van der Waals surface area contributed by atoms with E-state index in [9.17, 15) is 0 Å². The van der Waals surface area contributed by atoms with E-state index in [1.807, 2.05) is 36.4 Å². The van der Waals surface area contributed by atoms with E-state index in [2.05, 4.69) is 184 Å². The minimum atomic E-state index is 0.596. The molecule has 0 saturated carbocycles. The van der Waals surface area contributed by atoms with Crippen molar-refractivity contribution in [2.75, 3.05) is 4.90 Å². The Kier molecular flexibility index (Phi) is 7.16. The molecule has 9 aromatic carbocycles. The fourth-order valence-corrected chi connectivity index (χ4v) is 8.96. The summed E-state index contributed by atoms with van der Waals surface area (Å²) >= 11 is 0. The molecule has 3 aromatic heterocycles. The van der Waals surface area contributed by atoms with E-state index in [-0.39, 0.29) is 0 Å². The molecule has 0 saturated heterocycles. The highest BCUT2D eigenvalue weighted by molar-refractivity contribution is 6.19. The maximum absolute atomic E-state index is 6.71. The predicted molar refractivity (Wildman–Crippen MR) is 240 cm³/mol. The van der Waals surface area contributed by atoms with Crippen LogP contribution in [0.3, 0.4) is 0 Å². The molecule has 5 nitrogen and oxygen atoms in total. The number of hydrogen-bond donors (Lipinski definition) is 0. The zero-order valence-electron chi connectivity index (χ0n) is 31.3. The van der Waals surface area contributed by atoms with Crippen LogP contribution < -0.4 is 4.90 Å². The molecular formula is C53H34N4O. The van der Waals surface area contributed by atoms with Gasteiger partial charge in [0.1, 0.15) is 5.52 Å². The quantitative estimate of drug-likeness (QED) is 0.170. The standard InChI is InChI=1S/C53H34N4O/c1-4-15-35(16-5-1)53-54-46-23-14-26-50(52(46)58-53)55(40-29-32-49-45(34-40)43-22-11-12-24-47(43)56(49)37-17-6-2-7-18-37)39-28-31-41-36(33-39)27-30-44-42-21-10-13-25-48(42)57(51(41)44)38-19-8-3-9-20-38/h1-34H. The van der Waals surface area contributed by atoms with Crippen molar-refractivity contribution in [1.29, 1.82) is 0 Å². The number of benzene rings is 9. The van der Waals surface area contributed by atoms with Gasteiger partial charge < -0.3 is 18.5 Å². The third-order valence-corrected chi connectivity index (χ3v) is 11.5. The number of hydrogen-bond acceptors (Lipinski definition) is 3. The number of aromatic nitrogens is 3. The smallest absolute Gasteiger partial charge is 0.227 e. The summed E-state index contributed by atoms with van der Waals surface area (Å²) in [5.74, 6) is 0.596. The Labute approximate surface area is 333 Å². The Morgan fingerprint density at radius 2 is 1.00 bits per heavy atom. The van der Waals surface area contributed by atoms with Crippen LogP contribution in [0.5, 0.6) is 0 Å². The van der Waals surface area contributed by atoms with Gasteiger partial charge >= 0.3 is 0 Å². The molecule has 58 heavy (non-hydrogen) atoms. The van der Waals surface area contributed by atoms with Gasteiger partial charge in [0.25, 0.3) is 0 Å². The monoisotopic (exact) mass is 742 g/mol. The second-order valence-electron chi connectivity index (χ2n) is 14.8. The Morgan fingerprint density at radius 3 is 1.76 bits per heavy atom. The maximum atomic E-state index is 6.71. The van der Waals surface area contributed by atoms with Crippen LogP contribution >= 0.6 is 0 Å². The van der Waals surface area contributed by atoms with Crippen molar-refractivity contribution in [2.24, 2.45) is 0 Å². The lowest BCUT2D eigenvalue weighted by molar-refractivity contribution is 0.620. The number of anilines is 3. The van der Waals surface area contributed by atoms with Gasteiger partial charge in [-0.15, -0.1) is 0 Å². The molecule has 0 fully saturated rings. The van der Waals surface area contributed by atoms with Crippen LogP contribution in [-0.4, -0.2) is 14.1 Å². The molecule has 0 amide bonds. The molecule has 3 heterocycles. The van der Waals surface area contributed by atoms with Crippen molar-refractivity contribution >= 4 is 82.5 Å². The van der Waals surface area contributed by atoms with Crippen LogP contribution in [0.15, 0.2) is 211 Å². The van der Waals surface area contributed by atoms with Crippen molar-refractivity contribution in [1.82, 2.24) is 14.1 Å². The van der Waals surface area contributed by atoms with E-state index in [1.165, 1.54) is 43.5 Å². The third kappa shape index (κ3) is 4.93. The van der Waals surface area contributed by atoms with E-state index in [4.69, 9.17) is 9.40 Å². The number of rotatable bonds is 6. The van der Waals surface area contributed by atoms with Gasteiger partial charge in [-0.1, -0.05) is 115 Å².